The molecule has 1 aromatic carbocycles. The molecular weight excluding hydrogens is 261 g/mol. The number of hydrogen-bond donors (Lipinski definition) is 1. The van der Waals surface area contributed by atoms with Gasteiger partial charge in [0.2, 0.25) is 0 Å². The van der Waals surface area contributed by atoms with Crippen molar-refractivity contribution in [2.24, 2.45) is 0 Å². The fourth-order valence-electron chi connectivity index (χ4n) is 2.06. The van der Waals surface area contributed by atoms with Crippen molar-refractivity contribution >= 4 is 5.91 Å². The number of nitrogens with zero attached hydrogens (tertiary/aromatic N) is 2. The number of carbonyl (C=O) groups is 1. The van der Waals surface area contributed by atoms with Gasteiger partial charge in [-0.2, -0.15) is 5.26 Å². The van der Waals surface area contributed by atoms with Crippen LogP contribution in [0, 0.1) is 17.1 Å². The highest BCUT2D eigenvalue weighted by Gasteiger charge is 2.23. The first-order valence-corrected chi connectivity index (χ1v) is 6.47. The number of carbonyl (C=O) groups excluding carboxylic acids is 1. The van der Waals surface area contributed by atoms with E-state index in [-0.39, 0.29) is 17.2 Å². The molecule has 1 aromatic rings. The molecular formula is C14H16FN3O2. The second-order valence-electron chi connectivity index (χ2n) is 4.59. The molecule has 0 aromatic heterocycles. The molecule has 1 unspecified atom stereocenters. The van der Waals surface area contributed by atoms with E-state index in [1.54, 1.807) is 17.9 Å². The van der Waals surface area contributed by atoms with E-state index in [0.29, 0.717) is 13.1 Å². The first-order valence-electron chi connectivity index (χ1n) is 6.47. The van der Waals surface area contributed by atoms with E-state index in [4.69, 9.17) is 10.00 Å². The van der Waals surface area contributed by atoms with Gasteiger partial charge >= 0.3 is 0 Å². The van der Waals surface area contributed by atoms with Crippen LogP contribution in [0.2, 0.25) is 0 Å². The molecule has 0 aliphatic carbocycles. The number of nitriles is 1. The molecule has 1 aliphatic heterocycles. The van der Waals surface area contributed by atoms with Crippen molar-refractivity contribution in [1.82, 2.24) is 10.2 Å². The summed E-state index contributed by atoms with van der Waals surface area (Å²) in [6.07, 6.45) is -0.680. The molecule has 6 heteroatoms. The number of benzene rings is 1. The Morgan fingerprint density at radius 3 is 2.80 bits per heavy atom. The topological polar surface area (TPSA) is 65.4 Å². The Labute approximate surface area is 116 Å². The van der Waals surface area contributed by atoms with Gasteiger partial charge in [-0.25, -0.2) is 4.39 Å². The standard InChI is InChI=1S/C14H16FN3O2/c1-10(14(19)18-6-4-17-5-7-18)20-12-3-2-11(9-16)13(15)8-12/h2-3,8,10,17H,4-7H2,1H3. The predicted octanol–water partition coefficient (Wildman–Crippen LogP) is 0.896. The van der Waals surface area contributed by atoms with Crippen molar-refractivity contribution in [1.29, 1.82) is 5.26 Å². The molecule has 0 radical (unpaired) electrons. The van der Waals surface area contributed by atoms with E-state index in [2.05, 4.69) is 5.32 Å². The van der Waals surface area contributed by atoms with Gasteiger partial charge in [-0.05, 0) is 19.1 Å². The Morgan fingerprint density at radius 1 is 1.50 bits per heavy atom. The zero-order valence-electron chi connectivity index (χ0n) is 11.2. The maximum atomic E-state index is 13.5. The van der Waals surface area contributed by atoms with Gasteiger partial charge < -0.3 is 15.0 Å². The SMILES string of the molecule is CC(Oc1ccc(C#N)c(F)c1)C(=O)N1CCNCC1. The maximum Gasteiger partial charge on any atom is 0.263 e. The number of nitrogens with one attached hydrogen (secondary N) is 1. The van der Waals surface area contributed by atoms with Crippen molar-refractivity contribution in [2.75, 3.05) is 26.2 Å². The van der Waals surface area contributed by atoms with Crippen molar-refractivity contribution in [3.8, 4) is 11.8 Å². The second kappa shape index (κ2) is 6.35. The van der Waals surface area contributed by atoms with Crippen LogP contribution in [0.25, 0.3) is 0 Å². The molecule has 0 saturated carbocycles. The molecule has 2 rings (SSSR count). The van der Waals surface area contributed by atoms with E-state index < -0.39 is 11.9 Å². The largest absolute Gasteiger partial charge is 0.481 e. The molecule has 0 spiro atoms. The monoisotopic (exact) mass is 277 g/mol. The minimum absolute atomic E-state index is 0.0431. The van der Waals surface area contributed by atoms with E-state index in [9.17, 15) is 9.18 Å². The highest BCUT2D eigenvalue weighted by Crippen LogP contribution is 2.18. The fourth-order valence-corrected chi connectivity index (χ4v) is 2.06. The van der Waals surface area contributed by atoms with Crippen LogP contribution in [-0.4, -0.2) is 43.1 Å². The third kappa shape index (κ3) is 3.25. The van der Waals surface area contributed by atoms with Gasteiger partial charge in [-0.15, -0.1) is 0 Å². The number of hydrogen-bond acceptors (Lipinski definition) is 4. The van der Waals surface area contributed by atoms with Gasteiger partial charge in [0.1, 0.15) is 17.6 Å². The predicted molar refractivity (Wildman–Crippen MR) is 70.7 cm³/mol. The Hall–Kier alpha value is -2.13. The lowest BCUT2D eigenvalue weighted by molar-refractivity contribution is -0.138. The molecule has 1 fully saturated rings. The van der Waals surface area contributed by atoms with Gasteiger partial charge in [0.25, 0.3) is 5.91 Å². The summed E-state index contributed by atoms with van der Waals surface area (Å²) < 4.78 is 18.9. The number of halogens is 1. The number of ether oxygens (including phenoxy) is 1. The van der Waals surface area contributed by atoms with Gasteiger partial charge in [0.15, 0.2) is 6.10 Å². The van der Waals surface area contributed by atoms with Crippen LogP contribution in [0.5, 0.6) is 5.75 Å². The van der Waals surface area contributed by atoms with Crippen LogP contribution in [0.4, 0.5) is 4.39 Å². The minimum Gasteiger partial charge on any atom is -0.481 e. The highest BCUT2D eigenvalue weighted by atomic mass is 19.1. The Morgan fingerprint density at radius 2 is 2.20 bits per heavy atom. The third-order valence-electron chi connectivity index (χ3n) is 3.15. The Bertz CT molecular complexity index is 536. The fraction of sp³-hybridized carbons (Fsp3) is 0.429. The summed E-state index contributed by atoms with van der Waals surface area (Å²) in [4.78, 5) is 13.9. The summed E-state index contributed by atoms with van der Waals surface area (Å²) >= 11 is 0. The van der Waals surface area contributed by atoms with Crippen molar-refractivity contribution < 1.29 is 13.9 Å². The lowest BCUT2D eigenvalue weighted by Gasteiger charge is -2.29. The van der Waals surface area contributed by atoms with Crippen LogP contribution >= 0.6 is 0 Å². The summed E-state index contributed by atoms with van der Waals surface area (Å²) in [5, 5.41) is 11.8. The van der Waals surface area contributed by atoms with Gasteiger partial charge in [-0.3, -0.25) is 4.79 Å². The van der Waals surface area contributed by atoms with Crippen LogP contribution in [0.1, 0.15) is 12.5 Å². The average Bonchev–Trinajstić information content (AvgIpc) is 2.47. The first-order chi connectivity index (χ1) is 9.61. The van der Waals surface area contributed by atoms with Crippen LogP contribution in [-0.2, 0) is 4.79 Å². The Kier molecular flexibility index (Phi) is 4.53. The van der Waals surface area contributed by atoms with Gasteiger partial charge in [-0.1, -0.05) is 0 Å². The maximum absolute atomic E-state index is 13.5. The molecule has 20 heavy (non-hydrogen) atoms. The molecule has 106 valence electrons. The van der Waals surface area contributed by atoms with Crippen LogP contribution in [0.15, 0.2) is 18.2 Å². The third-order valence-corrected chi connectivity index (χ3v) is 3.15. The summed E-state index contributed by atoms with van der Waals surface area (Å²) in [5.41, 5.74) is -0.0431. The number of piperazine rings is 1. The molecule has 1 heterocycles. The van der Waals surface area contributed by atoms with Crippen molar-refractivity contribution in [2.45, 2.75) is 13.0 Å². The zero-order valence-corrected chi connectivity index (χ0v) is 11.2. The molecule has 1 N–H and O–H groups in total. The lowest BCUT2D eigenvalue weighted by Crippen LogP contribution is -2.50. The first kappa shape index (κ1) is 14.3. The summed E-state index contributed by atoms with van der Waals surface area (Å²) in [6, 6.07) is 5.69. The normalized spacial score (nSPS) is 16.4. The number of rotatable bonds is 3. The molecule has 1 amide bonds. The van der Waals surface area contributed by atoms with Crippen LogP contribution < -0.4 is 10.1 Å². The Balaban J connectivity index is 2.00. The van der Waals surface area contributed by atoms with Gasteiger partial charge in [0, 0.05) is 32.2 Å². The average molecular weight is 277 g/mol. The van der Waals surface area contributed by atoms with Gasteiger partial charge in [0.05, 0.1) is 5.56 Å². The molecule has 0 bridgehead atoms. The summed E-state index contributed by atoms with van der Waals surface area (Å²) in [5.74, 6) is -0.513. The van der Waals surface area contributed by atoms with Crippen LogP contribution in [0.3, 0.4) is 0 Å². The number of amides is 1. The second-order valence-corrected chi connectivity index (χ2v) is 4.59. The lowest BCUT2D eigenvalue weighted by atomic mass is 10.2. The molecule has 1 saturated heterocycles. The van der Waals surface area contributed by atoms with E-state index in [1.807, 2.05) is 0 Å². The summed E-state index contributed by atoms with van der Waals surface area (Å²) in [7, 11) is 0. The smallest absolute Gasteiger partial charge is 0.263 e. The van der Waals surface area contributed by atoms with E-state index in [1.165, 1.54) is 12.1 Å². The minimum atomic E-state index is -0.680. The molecule has 1 aliphatic rings. The van der Waals surface area contributed by atoms with Crippen molar-refractivity contribution in [3.05, 3.63) is 29.6 Å². The quantitative estimate of drug-likeness (QED) is 0.891. The van der Waals surface area contributed by atoms with Crippen molar-refractivity contribution in [3.63, 3.8) is 0 Å². The molecule has 1 atom stereocenters. The molecule has 5 nitrogen and oxygen atoms in total. The zero-order chi connectivity index (χ0) is 14.5. The highest BCUT2D eigenvalue weighted by molar-refractivity contribution is 5.81. The van der Waals surface area contributed by atoms with E-state index in [0.717, 1.165) is 19.2 Å². The van der Waals surface area contributed by atoms with E-state index >= 15 is 0 Å². The summed E-state index contributed by atoms with van der Waals surface area (Å²) in [6.45, 7) is 4.47.